The number of aryl methyl sites for hydroxylation is 1. The summed E-state index contributed by atoms with van der Waals surface area (Å²) < 4.78 is 0.502. The highest BCUT2D eigenvalue weighted by Gasteiger charge is 2.31. The van der Waals surface area contributed by atoms with Gasteiger partial charge in [-0.15, -0.1) is 0 Å². The first-order valence-corrected chi connectivity index (χ1v) is 8.61. The molecule has 1 heterocycles. The van der Waals surface area contributed by atoms with E-state index in [1.165, 1.54) is 16.7 Å². The van der Waals surface area contributed by atoms with Gasteiger partial charge in [0.1, 0.15) is 10.1 Å². The molecule has 4 nitrogen and oxygen atoms in total. The Kier molecular flexibility index (Phi) is 4.87. The van der Waals surface area contributed by atoms with Crippen LogP contribution in [0.1, 0.15) is 11.1 Å². The van der Waals surface area contributed by atoms with Gasteiger partial charge in [-0.25, -0.2) is 0 Å². The van der Waals surface area contributed by atoms with Crippen molar-refractivity contribution in [1.29, 1.82) is 0 Å². The van der Waals surface area contributed by atoms with Gasteiger partial charge in [0.15, 0.2) is 0 Å². The molecule has 0 saturated carbocycles. The Morgan fingerprint density at radius 2 is 2.04 bits per heavy atom. The normalized spacial score (nSPS) is 16.0. The molecule has 1 aliphatic rings. The van der Waals surface area contributed by atoms with E-state index >= 15 is 0 Å². The maximum absolute atomic E-state index is 12.5. The number of para-hydroxylation sites is 1. The van der Waals surface area contributed by atoms with E-state index in [4.69, 9.17) is 12.2 Å². The van der Waals surface area contributed by atoms with Gasteiger partial charge in [-0.05, 0) is 36.8 Å². The highest BCUT2D eigenvalue weighted by atomic mass is 32.2. The number of thiocarbonyl (C=S) groups is 1. The van der Waals surface area contributed by atoms with Crippen LogP contribution >= 0.6 is 24.0 Å². The van der Waals surface area contributed by atoms with Gasteiger partial charge in [-0.2, -0.15) is 0 Å². The summed E-state index contributed by atoms with van der Waals surface area (Å²) in [7, 11) is 0. The minimum absolute atomic E-state index is 0.139. The zero-order valence-corrected chi connectivity index (χ0v) is 14.7. The summed E-state index contributed by atoms with van der Waals surface area (Å²) >= 11 is 6.55. The van der Waals surface area contributed by atoms with Gasteiger partial charge in [0.2, 0.25) is 0 Å². The number of nitrogens with one attached hydrogen (secondary N) is 1. The van der Waals surface area contributed by atoms with Gasteiger partial charge < -0.3 is 10.4 Å². The first-order valence-electron chi connectivity index (χ1n) is 7.38. The molecule has 1 fully saturated rings. The molecular weight excluding hydrogens is 340 g/mol. The monoisotopic (exact) mass is 356 g/mol. The van der Waals surface area contributed by atoms with Crippen molar-refractivity contribution in [3.8, 4) is 5.75 Å². The fraction of sp³-hybridized carbons (Fsp3) is 0.111. The number of anilines is 1. The Balaban J connectivity index is 1.73. The number of thioether (sulfide) groups is 1. The predicted octanol–water partition coefficient (Wildman–Crippen LogP) is 3.97. The number of hydrogen-bond acceptors (Lipinski definition) is 5. The van der Waals surface area contributed by atoms with E-state index in [9.17, 15) is 9.90 Å². The number of nitrogens with zero attached hydrogens (tertiary/aromatic N) is 1. The summed E-state index contributed by atoms with van der Waals surface area (Å²) in [5, 5.41) is 13.1. The van der Waals surface area contributed by atoms with Crippen molar-refractivity contribution in [1.82, 2.24) is 4.90 Å². The zero-order valence-electron chi connectivity index (χ0n) is 13.0. The van der Waals surface area contributed by atoms with E-state index < -0.39 is 0 Å². The molecule has 1 saturated heterocycles. The first-order chi connectivity index (χ1) is 11.5. The largest absolute Gasteiger partial charge is 0.507 e. The summed E-state index contributed by atoms with van der Waals surface area (Å²) in [6.07, 6.45) is 1.67. The van der Waals surface area contributed by atoms with Gasteiger partial charge in [0.05, 0.1) is 11.6 Å². The number of phenols is 1. The molecule has 122 valence electrons. The van der Waals surface area contributed by atoms with E-state index in [1.807, 2.05) is 37.3 Å². The molecule has 0 atom stereocenters. The predicted molar refractivity (Wildman–Crippen MR) is 103 cm³/mol. The standard InChI is InChI=1S/C18H16N2O2S2/c1-12-5-4-7-14(9-12)19-11-20-17(22)16(24-18(20)23)10-13-6-2-3-8-15(13)21/h2-10,19,21H,11H2,1H3. The van der Waals surface area contributed by atoms with Crippen LogP contribution in [0, 0.1) is 6.92 Å². The SMILES string of the molecule is Cc1cccc(NCN2C(=O)C(=Cc3ccccc3O)SC2=S)c1. The van der Waals surface area contributed by atoms with Crippen LogP contribution < -0.4 is 5.32 Å². The molecule has 6 heteroatoms. The van der Waals surface area contributed by atoms with E-state index in [-0.39, 0.29) is 11.7 Å². The second-order valence-electron chi connectivity index (χ2n) is 5.37. The van der Waals surface area contributed by atoms with Crippen molar-refractivity contribution in [2.75, 3.05) is 12.0 Å². The lowest BCUT2D eigenvalue weighted by molar-refractivity contribution is -0.121. The maximum Gasteiger partial charge on any atom is 0.267 e. The average Bonchev–Trinajstić information content (AvgIpc) is 2.82. The van der Waals surface area contributed by atoms with Crippen molar-refractivity contribution in [2.45, 2.75) is 6.92 Å². The van der Waals surface area contributed by atoms with Crippen LogP contribution in [0.4, 0.5) is 5.69 Å². The molecule has 1 aliphatic heterocycles. The van der Waals surface area contributed by atoms with Gasteiger partial charge in [0, 0.05) is 11.3 Å². The van der Waals surface area contributed by atoms with Gasteiger partial charge in [-0.3, -0.25) is 9.69 Å². The van der Waals surface area contributed by atoms with E-state index in [1.54, 1.807) is 24.3 Å². The number of aromatic hydroxyl groups is 1. The van der Waals surface area contributed by atoms with Crippen molar-refractivity contribution >= 4 is 46.0 Å². The lowest BCUT2D eigenvalue weighted by atomic mass is 10.2. The molecule has 2 aromatic rings. The number of amides is 1. The summed E-state index contributed by atoms with van der Waals surface area (Å²) in [6, 6.07) is 14.8. The van der Waals surface area contributed by atoms with Crippen molar-refractivity contribution in [3.63, 3.8) is 0 Å². The summed E-state index contributed by atoms with van der Waals surface area (Å²) in [5.74, 6) is -0.0194. The molecule has 0 aromatic heterocycles. The molecule has 24 heavy (non-hydrogen) atoms. The Morgan fingerprint density at radius 1 is 1.25 bits per heavy atom. The van der Waals surface area contributed by atoms with Crippen LogP contribution in [0.3, 0.4) is 0 Å². The second-order valence-corrected chi connectivity index (χ2v) is 7.05. The molecular formula is C18H16N2O2S2. The van der Waals surface area contributed by atoms with Gasteiger partial charge in [-0.1, -0.05) is 54.3 Å². The van der Waals surface area contributed by atoms with E-state index in [0.29, 0.717) is 21.5 Å². The fourth-order valence-electron chi connectivity index (χ4n) is 2.31. The van der Waals surface area contributed by atoms with Crippen molar-refractivity contribution < 1.29 is 9.90 Å². The van der Waals surface area contributed by atoms with Crippen LogP contribution in [0.15, 0.2) is 53.4 Å². The molecule has 2 N–H and O–H groups in total. The van der Waals surface area contributed by atoms with E-state index in [2.05, 4.69) is 5.32 Å². The third-order valence-electron chi connectivity index (χ3n) is 3.56. The van der Waals surface area contributed by atoms with Crippen LogP contribution in [0.5, 0.6) is 5.75 Å². The molecule has 3 rings (SSSR count). The summed E-state index contributed by atoms with van der Waals surface area (Å²) in [5.41, 5.74) is 2.68. The minimum atomic E-state index is -0.159. The number of hydrogen-bond donors (Lipinski definition) is 2. The zero-order chi connectivity index (χ0) is 17.1. The first kappa shape index (κ1) is 16.5. The Bertz CT molecular complexity index is 833. The Labute approximate surface area is 150 Å². The smallest absolute Gasteiger partial charge is 0.267 e. The summed E-state index contributed by atoms with van der Waals surface area (Å²) in [6.45, 7) is 2.33. The maximum atomic E-state index is 12.5. The van der Waals surface area contributed by atoms with Crippen LogP contribution in [0.2, 0.25) is 0 Å². The molecule has 2 aromatic carbocycles. The molecule has 0 spiro atoms. The molecule has 0 unspecified atom stereocenters. The van der Waals surface area contributed by atoms with Crippen LogP contribution in [0.25, 0.3) is 6.08 Å². The number of benzene rings is 2. The number of rotatable bonds is 4. The minimum Gasteiger partial charge on any atom is -0.507 e. The van der Waals surface area contributed by atoms with Gasteiger partial charge in [0.25, 0.3) is 5.91 Å². The van der Waals surface area contributed by atoms with Crippen molar-refractivity contribution in [2.24, 2.45) is 0 Å². The fourth-order valence-corrected chi connectivity index (χ4v) is 3.56. The number of phenolic OH excluding ortho intramolecular Hbond substituents is 1. The van der Waals surface area contributed by atoms with Gasteiger partial charge >= 0.3 is 0 Å². The Morgan fingerprint density at radius 3 is 2.79 bits per heavy atom. The lowest BCUT2D eigenvalue weighted by Gasteiger charge is -2.16. The Hall–Kier alpha value is -2.31. The quantitative estimate of drug-likeness (QED) is 0.641. The average molecular weight is 356 g/mol. The number of carbonyl (C=O) groups is 1. The molecule has 0 aliphatic carbocycles. The molecule has 0 radical (unpaired) electrons. The van der Waals surface area contributed by atoms with Crippen LogP contribution in [-0.4, -0.2) is 26.9 Å². The highest BCUT2D eigenvalue weighted by molar-refractivity contribution is 8.26. The van der Waals surface area contributed by atoms with Crippen LogP contribution in [-0.2, 0) is 4.79 Å². The highest BCUT2D eigenvalue weighted by Crippen LogP contribution is 2.33. The molecule has 0 bridgehead atoms. The van der Waals surface area contributed by atoms with Crippen molar-refractivity contribution in [3.05, 3.63) is 64.6 Å². The summed E-state index contributed by atoms with van der Waals surface area (Å²) in [4.78, 5) is 14.6. The number of carbonyl (C=O) groups excluding carboxylic acids is 1. The molecule has 1 amide bonds. The third-order valence-corrected chi connectivity index (χ3v) is 4.93. The third kappa shape index (κ3) is 3.60. The lowest BCUT2D eigenvalue weighted by Crippen LogP contribution is -2.33. The van der Waals surface area contributed by atoms with E-state index in [0.717, 1.165) is 11.3 Å². The second kappa shape index (κ2) is 7.07. The topological polar surface area (TPSA) is 52.6 Å².